The lowest BCUT2D eigenvalue weighted by Gasteiger charge is -2.37. The highest BCUT2D eigenvalue weighted by atomic mass is 32.2. The highest BCUT2D eigenvalue weighted by molar-refractivity contribution is 7.89. The molecule has 1 heterocycles. The third kappa shape index (κ3) is 3.37. The van der Waals surface area contributed by atoms with E-state index in [0.29, 0.717) is 19.8 Å². The lowest BCUT2D eigenvalue weighted by molar-refractivity contribution is 0.0135. The van der Waals surface area contributed by atoms with E-state index >= 15 is 0 Å². The van der Waals surface area contributed by atoms with Gasteiger partial charge in [0.1, 0.15) is 10.6 Å². The number of ether oxygens (including phenoxy) is 3. The minimum absolute atomic E-state index is 0.00414. The van der Waals surface area contributed by atoms with Gasteiger partial charge in [0.25, 0.3) is 0 Å². The van der Waals surface area contributed by atoms with Crippen LogP contribution in [0.2, 0.25) is 0 Å². The normalized spacial score (nSPS) is 18.4. The van der Waals surface area contributed by atoms with E-state index in [1.54, 1.807) is 19.2 Å². The molecule has 2 N–H and O–H groups in total. The summed E-state index contributed by atoms with van der Waals surface area (Å²) in [5.41, 5.74) is 0.635. The van der Waals surface area contributed by atoms with E-state index in [1.807, 2.05) is 6.07 Å². The third-order valence-electron chi connectivity index (χ3n) is 3.95. The molecule has 1 aliphatic rings. The Morgan fingerprint density at radius 3 is 2.48 bits per heavy atom. The Hall–Kier alpha value is -1.15. The predicted molar refractivity (Wildman–Crippen MR) is 78.0 cm³/mol. The molecule has 7 heteroatoms. The van der Waals surface area contributed by atoms with Crippen LogP contribution in [-0.4, -0.2) is 42.5 Å². The van der Waals surface area contributed by atoms with Crippen molar-refractivity contribution in [3.8, 4) is 5.75 Å². The van der Waals surface area contributed by atoms with E-state index < -0.39 is 10.0 Å². The van der Waals surface area contributed by atoms with Gasteiger partial charge in [0.15, 0.2) is 0 Å². The molecule has 21 heavy (non-hydrogen) atoms. The largest absolute Gasteiger partial charge is 0.495 e. The van der Waals surface area contributed by atoms with Crippen molar-refractivity contribution in [3.63, 3.8) is 0 Å². The van der Waals surface area contributed by atoms with Crippen molar-refractivity contribution in [1.82, 2.24) is 0 Å². The fourth-order valence-corrected chi connectivity index (χ4v) is 3.51. The molecule has 2 rings (SSSR count). The molecule has 1 aliphatic heterocycles. The van der Waals surface area contributed by atoms with Crippen molar-refractivity contribution in [2.24, 2.45) is 5.14 Å². The lowest BCUT2D eigenvalue weighted by Crippen LogP contribution is -2.38. The summed E-state index contributed by atoms with van der Waals surface area (Å²) in [5, 5.41) is 5.28. The maximum Gasteiger partial charge on any atom is 0.241 e. The number of benzene rings is 1. The standard InChI is InChI=1S/C14H21NO5S/c1-18-10-14(5-7-20-8-6-14)11-3-4-12(19-2)13(9-11)21(15,16)17/h3-4,9H,5-8,10H2,1-2H3,(H2,15,16,17). The molecule has 1 aromatic rings. The van der Waals surface area contributed by atoms with Crippen molar-refractivity contribution in [1.29, 1.82) is 0 Å². The van der Waals surface area contributed by atoms with Crippen molar-refractivity contribution in [3.05, 3.63) is 23.8 Å². The van der Waals surface area contributed by atoms with Crippen LogP contribution in [0.25, 0.3) is 0 Å². The second kappa shape index (κ2) is 6.31. The van der Waals surface area contributed by atoms with E-state index in [9.17, 15) is 8.42 Å². The minimum atomic E-state index is -3.85. The van der Waals surface area contributed by atoms with Crippen LogP contribution in [0.5, 0.6) is 5.75 Å². The zero-order valence-electron chi connectivity index (χ0n) is 12.3. The molecule has 0 spiro atoms. The smallest absolute Gasteiger partial charge is 0.241 e. The molecule has 1 fully saturated rings. The molecule has 1 aromatic carbocycles. The first-order chi connectivity index (χ1) is 9.93. The fraction of sp³-hybridized carbons (Fsp3) is 0.571. The topological polar surface area (TPSA) is 87.9 Å². The van der Waals surface area contributed by atoms with Gasteiger partial charge in [-0.05, 0) is 30.5 Å². The summed E-state index contributed by atoms with van der Waals surface area (Å²) in [5.74, 6) is 0.251. The van der Waals surface area contributed by atoms with Crippen LogP contribution in [-0.2, 0) is 24.9 Å². The number of primary sulfonamides is 1. The van der Waals surface area contributed by atoms with Gasteiger partial charge >= 0.3 is 0 Å². The average molecular weight is 315 g/mol. The molecule has 0 aliphatic carbocycles. The van der Waals surface area contributed by atoms with Crippen LogP contribution < -0.4 is 9.88 Å². The van der Waals surface area contributed by atoms with Crippen molar-refractivity contribution in [2.45, 2.75) is 23.2 Å². The quantitative estimate of drug-likeness (QED) is 0.877. The number of hydrogen-bond donors (Lipinski definition) is 1. The van der Waals surface area contributed by atoms with Crippen LogP contribution in [0.1, 0.15) is 18.4 Å². The molecule has 118 valence electrons. The van der Waals surface area contributed by atoms with Crippen LogP contribution in [0.4, 0.5) is 0 Å². The van der Waals surface area contributed by atoms with Gasteiger partial charge in [0.05, 0.1) is 13.7 Å². The second-order valence-corrected chi connectivity index (χ2v) is 6.77. The van der Waals surface area contributed by atoms with Crippen molar-refractivity contribution in [2.75, 3.05) is 34.0 Å². The lowest BCUT2D eigenvalue weighted by atomic mass is 9.75. The summed E-state index contributed by atoms with van der Waals surface area (Å²) in [6, 6.07) is 5.11. The molecule has 0 aromatic heterocycles. The first-order valence-corrected chi connectivity index (χ1v) is 8.25. The monoisotopic (exact) mass is 315 g/mol. The Morgan fingerprint density at radius 1 is 1.29 bits per heavy atom. The Kier molecular flexibility index (Phi) is 4.88. The van der Waals surface area contributed by atoms with Gasteiger partial charge in [-0.1, -0.05) is 6.07 Å². The first-order valence-electron chi connectivity index (χ1n) is 6.71. The van der Waals surface area contributed by atoms with Crippen molar-refractivity contribution >= 4 is 10.0 Å². The zero-order valence-corrected chi connectivity index (χ0v) is 13.1. The molecule has 0 bridgehead atoms. The fourth-order valence-electron chi connectivity index (χ4n) is 2.78. The van der Waals surface area contributed by atoms with Crippen LogP contribution >= 0.6 is 0 Å². The average Bonchev–Trinajstić information content (AvgIpc) is 2.47. The summed E-state index contributed by atoms with van der Waals surface area (Å²) in [7, 11) is -0.786. The summed E-state index contributed by atoms with van der Waals surface area (Å²) in [6.07, 6.45) is 1.55. The van der Waals surface area contributed by atoms with Crippen molar-refractivity contribution < 1.29 is 22.6 Å². The van der Waals surface area contributed by atoms with Gasteiger partial charge in [-0.15, -0.1) is 0 Å². The van der Waals surface area contributed by atoms with Gasteiger partial charge in [-0.25, -0.2) is 13.6 Å². The van der Waals surface area contributed by atoms with E-state index in [4.69, 9.17) is 19.3 Å². The van der Waals surface area contributed by atoms with E-state index in [2.05, 4.69) is 0 Å². The molecule has 1 saturated heterocycles. The molecule has 0 atom stereocenters. The molecular formula is C14H21NO5S. The Labute approximate surface area is 125 Å². The predicted octanol–water partition coefficient (Wildman–Crippen LogP) is 1.04. The van der Waals surface area contributed by atoms with Crippen LogP contribution in [0.15, 0.2) is 23.1 Å². The summed E-state index contributed by atoms with van der Waals surface area (Å²) < 4.78 is 39.4. The van der Waals surface area contributed by atoms with Gasteiger partial charge < -0.3 is 14.2 Å². The zero-order chi connectivity index (χ0) is 15.5. The number of nitrogens with two attached hydrogens (primary N) is 1. The van der Waals surface area contributed by atoms with Gasteiger partial charge in [-0.3, -0.25) is 0 Å². The molecule has 6 nitrogen and oxygen atoms in total. The highest BCUT2D eigenvalue weighted by Gasteiger charge is 2.35. The van der Waals surface area contributed by atoms with Crippen LogP contribution in [0.3, 0.4) is 0 Å². The SMILES string of the molecule is COCC1(c2ccc(OC)c(S(N)(=O)=O)c2)CCOCC1. The van der Waals surface area contributed by atoms with Gasteiger partial charge in [0, 0.05) is 25.7 Å². The Bertz CT molecular complexity index is 588. The van der Waals surface area contributed by atoms with Gasteiger partial charge in [-0.2, -0.15) is 0 Å². The maximum atomic E-state index is 11.8. The van der Waals surface area contributed by atoms with E-state index in [0.717, 1.165) is 18.4 Å². The first kappa shape index (κ1) is 16.2. The molecule has 0 radical (unpaired) electrons. The van der Waals surface area contributed by atoms with E-state index in [1.165, 1.54) is 7.11 Å². The molecule has 0 saturated carbocycles. The van der Waals surface area contributed by atoms with Crippen LogP contribution in [0, 0.1) is 0 Å². The number of hydrogen-bond acceptors (Lipinski definition) is 5. The Balaban J connectivity index is 2.51. The molecular weight excluding hydrogens is 294 g/mol. The van der Waals surface area contributed by atoms with E-state index in [-0.39, 0.29) is 16.1 Å². The number of sulfonamides is 1. The van der Waals surface area contributed by atoms with Gasteiger partial charge in [0.2, 0.25) is 10.0 Å². The number of rotatable bonds is 5. The second-order valence-electron chi connectivity index (χ2n) is 5.24. The summed E-state index contributed by atoms with van der Waals surface area (Å²) in [6.45, 7) is 1.76. The summed E-state index contributed by atoms with van der Waals surface area (Å²) >= 11 is 0. The highest BCUT2D eigenvalue weighted by Crippen LogP contribution is 2.37. The third-order valence-corrected chi connectivity index (χ3v) is 4.89. The minimum Gasteiger partial charge on any atom is -0.495 e. The maximum absolute atomic E-state index is 11.8. The number of methoxy groups -OCH3 is 2. The summed E-state index contributed by atoms with van der Waals surface area (Å²) in [4.78, 5) is 0.00414. The molecule has 0 unspecified atom stereocenters. The molecule has 0 amide bonds. The Morgan fingerprint density at radius 2 is 1.95 bits per heavy atom.